The number of hydrogen-bond donors (Lipinski definition) is 2. The number of rotatable bonds is 2. The Kier molecular flexibility index (Phi) is 2.76. The summed E-state index contributed by atoms with van der Waals surface area (Å²) in [6, 6.07) is 0. The van der Waals surface area contributed by atoms with Crippen LogP contribution in [0.3, 0.4) is 0 Å². The lowest BCUT2D eigenvalue weighted by Gasteiger charge is -2.01. The topological polar surface area (TPSA) is 117 Å². The first-order chi connectivity index (χ1) is 9.91. The number of H-pyrrole nitrogens is 1. The van der Waals surface area contributed by atoms with E-state index >= 15 is 0 Å². The summed E-state index contributed by atoms with van der Waals surface area (Å²) in [5.41, 5.74) is 5.15. The van der Waals surface area contributed by atoms with Gasteiger partial charge in [0.05, 0.1) is 0 Å². The van der Waals surface area contributed by atoms with E-state index in [1.165, 1.54) is 29.4 Å². The number of hydrogen-bond acceptors (Lipinski definition) is 5. The zero-order valence-electron chi connectivity index (χ0n) is 11.2. The normalized spacial score (nSPS) is 11.1. The fourth-order valence-corrected chi connectivity index (χ4v) is 2.24. The standard InChI is InChI=1S/C11H11N7O2S/c1-16-7-5(9(19)17(2)11(16)20)14-10(15-7)18-4-3-13-8(18)6(12)21/h3-4H,1-2H3,(H2,12,21)(H,14,15). The summed E-state index contributed by atoms with van der Waals surface area (Å²) in [7, 11) is 2.94. The molecule has 0 atom stereocenters. The molecule has 0 aromatic carbocycles. The van der Waals surface area contributed by atoms with Gasteiger partial charge in [-0.3, -0.25) is 18.5 Å². The quantitative estimate of drug-likeness (QED) is 0.573. The highest BCUT2D eigenvalue weighted by atomic mass is 32.1. The van der Waals surface area contributed by atoms with Gasteiger partial charge in [0.2, 0.25) is 5.95 Å². The van der Waals surface area contributed by atoms with Gasteiger partial charge in [-0.2, -0.15) is 4.98 Å². The molecule has 0 saturated carbocycles. The summed E-state index contributed by atoms with van der Waals surface area (Å²) in [6.45, 7) is 0. The lowest BCUT2D eigenvalue weighted by molar-refractivity contribution is 0.708. The van der Waals surface area contributed by atoms with Crippen molar-refractivity contribution in [3.8, 4) is 5.95 Å². The van der Waals surface area contributed by atoms with Crippen LogP contribution in [0.1, 0.15) is 5.82 Å². The molecule has 3 aromatic rings. The van der Waals surface area contributed by atoms with Crippen LogP contribution in [0.2, 0.25) is 0 Å². The van der Waals surface area contributed by atoms with Crippen molar-refractivity contribution < 1.29 is 0 Å². The van der Waals surface area contributed by atoms with Crippen LogP contribution in [0.4, 0.5) is 0 Å². The fraction of sp³-hybridized carbons (Fsp3) is 0.182. The fourth-order valence-electron chi connectivity index (χ4n) is 2.08. The molecule has 0 aliphatic rings. The van der Waals surface area contributed by atoms with Gasteiger partial charge in [-0.1, -0.05) is 12.2 Å². The Morgan fingerprint density at radius 2 is 2.05 bits per heavy atom. The molecule has 0 aliphatic carbocycles. The summed E-state index contributed by atoms with van der Waals surface area (Å²) >= 11 is 4.91. The van der Waals surface area contributed by atoms with Crippen molar-refractivity contribution in [2.24, 2.45) is 19.8 Å². The van der Waals surface area contributed by atoms with Gasteiger partial charge in [0.25, 0.3) is 5.56 Å². The maximum atomic E-state index is 12.1. The predicted molar refractivity (Wildman–Crippen MR) is 79.6 cm³/mol. The SMILES string of the molecule is Cn1c(=O)c2[nH]c(-n3ccnc3C(N)=S)nc2n(C)c1=O. The van der Waals surface area contributed by atoms with Gasteiger partial charge in [-0.15, -0.1) is 0 Å². The van der Waals surface area contributed by atoms with E-state index in [0.29, 0.717) is 11.8 Å². The Morgan fingerprint density at radius 1 is 1.33 bits per heavy atom. The van der Waals surface area contributed by atoms with E-state index in [0.717, 1.165) is 4.57 Å². The Bertz CT molecular complexity index is 990. The number of nitrogens with zero attached hydrogens (tertiary/aromatic N) is 5. The molecule has 108 valence electrons. The van der Waals surface area contributed by atoms with Gasteiger partial charge < -0.3 is 10.7 Å². The van der Waals surface area contributed by atoms with E-state index in [4.69, 9.17) is 18.0 Å². The maximum Gasteiger partial charge on any atom is 0.332 e. The van der Waals surface area contributed by atoms with Crippen LogP contribution in [-0.2, 0) is 14.1 Å². The molecule has 0 saturated heterocycles. The van der Waals surface area contributed by atoms with Crippen molar-refractivity contribution in [1.82, 2.24) is 28.7 Å². The Morgan fingerprint density at radius 3 is 2.71 bits per heavy atom. The molecule has 3 aromatic heterocycles. The van der Waals surface area contributed by atoms with Crippen molar-refractivity contribution in [1.29, 1.82) is 0 Å². The summed E-state index contributed by atoms with van der Waals surface area (Å²) < 4.78 is 3.81. The number of fused-ring (bicyclic) bond motifs is 1. The molecule has 0 amide bonds. The van der Waals surface area contributed by atoms with Gasteiger partial charge in [0, 0.05) is 26.5 Å². The van der Waals surface area contributed by atoms with Crippen LogP contribution >= 0.6 is 12.2 Å². The highest BCUT2D eigenvalue weighted by Crippen LogP contribution is 2.10. The second-order valence-corrected chi connectivity index (χ2v) is 4.89. The van der Waals surface area contributed by atoms with Crippen LogP contribution in [-0.4, -0.2) is 33.6 Å². The first kappa shape index (κ1) is 13.2. The average Bonchev–Trinajstić information content (AvgIpc) is 3.08. The second kappa shape index (κ2) is 4.38. The number of aromatic nitrogens is 6. The van der Waals surface area contributed by atoms with Crippen molar-refractivity contribution in [3.63, 3.8) is 0 Å². The number of thiocarbonyl (C=S) groups is 1. The van der Waals surface area contributed by atoms with E-state index in [9.17, 15) is 9.59 Å². The van der Waals surface area contributed by atoms with Crippen LogP contribution in [0, 0.1) is 0 Å². The molecule has 0 bridgehead atoms. The van der Waals surface area contributed by atoms with Crippen LogP contribution in [0.15, 0.2) is 22.0 Å². The minimum absolute atomic E-state index is 0.0993. The van der Waals surface area contributed by atoms with Crippen LogP contribution < -0.4 is 17.0 Å². The number of aromatic amines is 1. The molecule has 0 unspecified atom stereocenters. The first-order valence-corrected chi connectivity index (χ1v) is 6.32. The lowest BCUT2D eigenvalue weighted by atomic mass is 10.5. The largest absolute Gasteiger partial charge is 0.387 e. The van der Waals surface area contributed by atoms with Gasteiger partial charge in [0.15, 0.2) is 17.0 Å². The molecule has 3 heterocycles. The predicted octanol–water partition coefficient (Wildman–Crippen LogP) is -1.22. The van der Waals surface area contributed by atoms with Gasteiger partial charge in [-0.05, 0) is 0 Å². The number of nitrogens with one attached hydrogen (secondary N) is 1. The third-order valence-electron chi connectivity index (χ3n) is 3.17. The molecule has 0 spiro atoms. The summed E-state index contributed by atoms with van der Waals surface area (Å²) in [4.78, 5) is 35.3. The monoisotopic (exact) mass is 305 g/mol. The minimum atomic E-state index is -0.455. The van der Waals surface area contributed by atoms with Crippen LogP contribution in [0.5, 0.6) is 0 Å². The molecule has 3 rings (SSSR count). The van der Waals surface area contributed by atoms with Crippen molar-refractivity contribution in [3.05, 3.63) is 39.1 Å². The molecule has 10 heteroatoms. The Labute approximate surface area is 122 Å². The Hall–Kier alpha value is -2.75. The van der Waals surface area contributed by atoms with Gasteiger partial charge in [-0.25, -0.2) is 9.78 Å². The van der Waals surface area contributed by atoms with Crippen molar-refractivity contribution in [2.45, 2.75) is 0 Å². The zero-order chi connectivity index (χ0) is 15.3. The third-order valence-corrected chi connectivity index (χ3v) is 3.35. The first-order valence-electron chi connectivity index (χ1n) is 5.91. The van der Waals surface area contributed by atoms with Crippen LogP contribution in [0.25, 0.3) is 17.1 Å². The molecule has 21 heavy (non-hydrogen) atoms. The summed E-state index contributed by atoms with van der Waals surface area (Å²) in [6.07, 6.45) is 3.12. The molecule has 0 fully saturated rings. The molecule has 3 N–H and O–H groups in total. The van der Waals surface area contributed by atoms with Crippen molar-refractivity contribution in [2.75, 3.05) is 0 Å². The van der Waals surface area contributed by atoms with E-state index in [2.05, 4.69) is 15.0 Å². The third kappa shape index (κ3) is 1.80. The van der Waals surface area contributed by atoms with Crippen molar-refractivity contribution >= 4 is 28.4 Å². The molecule has 0 radical (unpaired) electrons. The molecule has 9 nitrogen and oxygen atoms in total. The van der Waals surface area contributed by atoms with E-state index in [-0.39, 0.29) is 16.2 Å². The van der Waals surface area contributed by atoms with E-state index in [1.807, 2.05) is 0 Å². The summed E-state index contributed by atoms with van der Waals surface area (Å²) in [5, 5.41) is 0. The number of nitrogens with two attached hydrogens (primary N) is 1. The second-order valence-electron chi connectivity index (χ2n) is 4.45. The molecular formula is C11H11N7O2S. The number of imidazole rings is 2. The smallest absolute Gasteiger partial charge is 0.332 e. The highest BCUT2D eigenvalue weighted by Gasteiger charge is 2.16. The van der Waals surface area contributed by atoms with Gasteiger partial charge in [0.1, 0.15) is 4.99 Å². The molecule has 0 aliphatic heterocycles. The van der Waals surface area contributed by atoms with E-state index in [1.54, 1.807) is 6.20 Å². The molecular weight excluding hydrogens is 294 g/mol. The van der Waals surface area contributed by atoms with E-state index < -0.39 is 11.2 Å². The average molecular weight is 305 g/mol. The summed E-state index contributed by atoms with van der Waals surface area (Å²) in [5.74, 6) is 0.648. The lowest BCUT2D eigenvalue weighted by Crippen LogP contribution is -2.36. The number of aryl methyl sites for hydroxylation is 1. The Balaban J connectivity index is 2.37. The zero-order valence-corrected chi connectivity index (χ0v) is 12.0. The maximum absolute atomic E-state index is 12.1. The van der Waals surface area contributed by atoms with Gasteiger partial charge >= 0.3 is 5.69 Å². The highest BCUT2D eigenvalue weighted by molar-refractivity contribution is 7.80. The minimum Gasteiger partial charge on any atom is -0.387 e.